The summed E-state index contributed by atoms with van der Waals surface area (Å²) in [5.74, 6) is 0. The topological polar surface area (TPSA) is 76.3 Å². The number of anilines is 1. The van der Waals surface area contributed by atoms with Crippen molar-refractivity contribution in [1.29, 1.82) is 0 Å². The van der Waals surface area contributed by atoms with Gasteiger partial charge in [-0.05, 0) is 18.9 Å². The number of hydrogen-bond donors (Lipinski definition) is 1. The molecule has 94 valence electrons. The van der Waals surface area contributed by atoms with Crippen molar-refractivity contribution in [3.63, 3.8) is 0 Å². The summed E-state index contributed by atoms with van der Waals surface area (Å²) in [6.45, 7) is 1.16. The van der Waals surface area contributed by atoms with Crippen molar-refractivity contribution in [2.24, 2.45) is 0 Å². The quantitative estimate of drug-likeness (QED) is 0.862. The van der Waals surface area contributed by atoms with Crippen molar-refractivity contribution >= 4 is 15.7 Å². The minimum absolute atomic E-state index is 0.127. The van der Waals surface area contributed by atoms with Gasteiger partial charge < -0.3 is 5.73 Å². The maximum Gasteiger partial charge on any atom is 0.246 e. The number of hydrogen-bond acceptors (Lipinski definition) is 4. The molecule has 0 saturated carbocycles. The lowest BCUT2D eigenvalue weighted by atomic mass is 10.2. The summed E-state index contributed by atoms with van der Waals surface area (Å²) in [4.78, 5) is 3.97. The van der Waals surface area contributed by atoms with E-state index in [1.165, 1.54) is 22.8 Å². The van der Waals surface area contributed by atoms with Gasteiger partial charge in [0.25, 0.3) is 0 Å². The van der Waals surface area contributed by atoms with E-state index in [2.05, 4.69) is 4.98 Å². The van der Waals surface area contributed by atoms with E-state index < -0.39 is 10.0 Å². The summed E-state index contributed by atoms with van der Waals surface area (Å²) in [6, 6.07) is 1.52. The fourth-order valence-corrected chi connectivity index (χ4v) is 3.60. The average Bonchev–Trinajstić information content (AvgIpc) is 2.58. The smallest absolute Gasteiger partial charge is 0.246 e. The largest absolute Gasteiger partial charge is 0.398 e. The van der Waals surface area contributed by atoms with E-state index >= 15 is 0 Å². The van der Waals surface area contributed by atoms with Crippen LogP contribution in [0.2, 0.25) is 0 Å². The second kappa shape index (κ2) is 5.01. The third-order valence-corrected chi connectivity index (χ3v) is 4.94. The number of rotatable bonds is 2. The highest BCUT2D eigenvalue weighted by molar-refractivity contribution is 7.89. The van der Waals surface area contributed by atoms with Crippen molar-refractivity contribution in [3.05, 3.63) is 18.5 Å². The molecular formula is C11H17N3O2S. The Morgan fingerprint density at radius 3 is 2.41 bits per heavy atom. The van der Waals surface area contributed by atoms with Crippen LogP contribution in [-0.2, 0) is 10.0 Å². The van der Waals surface area contributed by atoms with Crippen LogP contribution >= 0.6 is 0 Å². The molecule has 6 heteroatoms. The molecule has 0 spiro atoms. The molecule has 2 N–H and O–H groups in total. The van der Waals surface area contributed by atoms with Gasteiger partial charge in [-0.1, -0.05) is 12.8 Å². The monoisotopic (exact) mass is 255 g/mol. The Labute approximate surface area is 102 Å². The van der Waals surface area contributed by atoms with Crippen LogP contribution in [0.3, 0.4) is 0 Å². The number of pyridine rings is 1. The molecule has 0 amide bonds. The lowest BCUT2D eigenvalue weighted by molar-refractivity contribution is 0.424. The van der Waals surface area contributed by atoms with Gasteiger partial charge in [-0.2, -0.15) is 4.31 Å². The van der Waals surface area contributed by atoms with Gasteiger partial charge in [-0.15, -0.1) is 0 Å². The van der Waals surface area contributed by atoms with E-state index in [0.29, 0.717) is 13.1 Å². The Balaban J connectivity index is 2.32. The molecule has 0 atom stereocenters. The van der Waals surface area contributed by atoms with E-state index in [1.54, 1.807) is 0 Å². The van der Waals surface area contributed by atoms with Gasteiger partial charge in [-0.3, -0.25) is 4.98 Å². The van der Waals surface area contributed by atoms with Gasteiger partial charge in [0.05, 0.1) is 5.69 Å². The summed E-state index contributed by atoms with van der Waals surface area (Å²) in [5.41, 5.74) is 5.97. The summed E-state index contributed by atoms with van der Waals surface area (Å²) < 4.78 is 26.3. The first kappa shape index (κ1) is 12.3. The average molecular weight is 255 g/mol. The number of nitrogen functional groups attached to an aromatic ring is 1. The first-order valence-electron chi connectivity index (χ1n) is 5.82. The molecule has 2 rings (SSSR count). The van der Waals surface area contributed by atoms with Crippen LogP contribution in [0, 0.1) is 0 Å². The van der Waals surface area contributed by atoms with Crippen LogP contribution in [0.5, 0.6) is 0 Å². The molecule has 0 unspecified atom stereocenters. The predicted octanol–water partition coefficient (Wildman–Crippen LogP) is 1.23. The first-order valence-corrected chi connectivity index (χ1v) is 7.26. The van der Waals surface area contributed by atoms with Crippen LogP contribution in [0.15, 0.2) is 23.4 Å². The van der Waals surface area contributed by atoms with E-state index in [-0.39, 0.29) is 10.6 Å². The van der Waals surface area contributed by atoms with Gasteiger partial charge in [0.1, 0.15) is 4.90 Å². The predicted molar refractivity (Wildman–Crippen MR) is 65.9 cm³/mol. The Morgan fingerprint density at radius 2 is 1.82 bits per heavy atom. The van der Waals surface area contributed by atoms with Crippen molar-refractivity contribution in [2.45, 2.75) is 30.6 Å². The Morgan fingerprint density at radius 1 is 1.18 bits per heavy atom. The summed E-state index contributed by atoms with van der Waals surface area (Å²) in [6.07, 6.45) is 6.84. The van der Waals surface area contributed by atoms with Gasteiger partial charge in [0.2, 0.25) is 10.0 Å². The lowest BCUT2D eigenvalue weighted by Crippen LogP contribution is -2.32. The summed E-state index contributed by atoms with van der Waals surface area (Å²) >= 11 is 0. The maximum absolute atomic E-state index is 12.4. The van der Waals surface area contributed by atoms with Crippen molar-refractivity contribution in [2.75, 3.05) is 18.8 Å². The summed E-state index contributed by atoms with van der Waals surface area (Å²) in [7, 11) is -3.47. The van der Waals surface area contributed by atoms with Crippen LogP contribution in [0.1, 0.15) is 25.7 Å². The van der Waals surface area contributed by atoms with E-state index in [4.69, 9.17) is 5.73 Å². The molecule has 0 bridgehead atoms. The molecule has 1 saturated heterocycles. The van der Waals surface area contributed by atoms with E-state index in [0.717, 1.165) is 25.7 Å². The van der Waals surface area contributed by atoms with E-state index in [1.807, 2.05) is 0 Å². The molecule has 1 aliphatic heterocycles. The highest BCUT2D eigenvalue weighted by atomic mass is 32.2. The molecule has 5 nitrogen and oxygen atoms in total. The van der Waals surface area contributed by atoms with Gasteiger partial charge >= 0.3 is 0 Å². The fourth-order valence-electron chi connectivity index (χ4n) is 2.03. The molecule has 1 fully saturated rings. The fraction of sp³-hybridized carbons (Fsp3) is 0.545. The highest BCUT2D eigenvalue weighted by Crippen LogP contribution is 2.23. The molecule has 0 aliphatic carbocycles. The Bertz CT molecular complexity index is 479. The van der Waals surface area contributed by atoms with Gasteiger partial charge in [0.15, 0.2) is 0 Å². The number of nitrogens with two attached hydrogens (primary N) is 1. The lowest BCUT2D eigenvalue weighted by Gasteiger charge is -2.20. The number of aromatic nitrogens is 1. The van der Waals surface area contributed by atoms with Gasteiger partial charge in [-0.25, -0.2) is 8.42 Å². The van der Waals surface area contributed by atoms with Crippen LogP contribution in [0.4, 0.5) is 5.69 Å². The minimum Gasteiger partial charge on any atom is -0.398 e. The van der Waals surface area contributed by atoms with Crippen LogP contribution in [0.25, 0.3) is 0 Å². The van der Waals surface area contributed by atoms with Crippen LogP contribution < -0.4 is 5.73 Å². The van der Waals surface area contributed by atoms with Crippen molar-refractivity contribution in [3.8, 4) is 0 Å². The molecule has 17 heavy (non-hydrogen) atoms. The molecule has 0 radical (unpaired) electrons. The molecule has 1 aromatic heterocycles. The first-order chi connectivity index (χ1) is 8.12. The van der Waals surface area contributed by atoms with Gasteiger partial charge in [0, 0.05) is 25.5 Å². The standard InChI is InChI=1S/C11H17N3O2S/c12-10-5-6-13-9-11(10)17(15,16)14-7-3-1-2-4-8-14/h5-6,9H,1-4,7-8H2,(H2,12,13). The Hall–Kier alpha value is -1.14. The zero-order chi connectivity index (χ0) is 12.3. The SMILES string of the molecule is Nc1ccncc1S(=O)(=O)N1CCCCCC1. The number of nitrogens with zero attached hydrogens (tertiary/aromatic N) is 2. The zero-order valence-corrected chi connectivity index (χ0v) is 10.5. The zero-order valence-electron chi connectivity index (χ0n) is 9.67. The van der Waals surface area contributed by atoms with E-state index in [9.17, 15) is 8.42 Å². The number of sulfonamides is 1. The Kier molecular flexibility index (Phi) is 3.63. The summed E-state index contributed by atoms with van der Waals surface area (Å²) in [5, 5.41) is 0. The van der Waals surface area contributed by atoms with Crippen LogP contribution in [-0.4, -0.2) is 30.8 Å². The normalized spacial score (nSPS) is 18.8. The van der Waals surface area contributed by atoms with Crippen molar-refractivity contribution in [1.82, 2.24) is 9.29 Å². The molecule has 0 aromatic carbocycles. The molecule has 1 aliphatic rings. The molecule has 2 heterocycles. The van der Waals surface area contributed by atoms with Crippen molar-refractivity contribution < 1.29 is 8.42 Å². The third-order valence-electron chi connectivity index (χ3n) is 3.00. The molecular weight excluding hydrogens is 238 g/mol. The second-order valence-corrected chi connectivity index (χ2v) is 6.14. The second-order valence-electron chi connectivity index (χ2n) is 4.23. The highest BCUT2D eigenvalue weighted by Gasteiger charge is 2.26. The minimum atomic E-state index is -3.47. The third kappa shape index (κ3) is 2.58. The molecule has 1 aromatic rings. The maximum atomic E-state index is 12.4.